The van der Waals surface area contributed by atoms with Crippen molar-refractivity contribution in [3.8, 4) is 0 Å². The maximum Gasteiger partial charge on any atom is 0.211 e. The van der Waals surface area contributed by atoms with E-state index >= 15 is 0 Å². The standard InChI is InChI=1S/C32H48N18O2/c1-17(43-47-29(33)34)21-11-22(18(2)44-48-30(35)36)14-25(13-21)41-27(45-49-31(37)38)9-7-5-6-8-10-28(46-50-32(39)40)42-26-15-23(19(3)51)12-24(16-26)20(4)52/h11-16H,5-10H2,1-4H3,(H,41,45)(H,42,46)(H4,33,34,47)(H4,35,36,48)(H4,37,38,49)(H4,39,40,50). The fourth-order valence-electron chi connectivity index (χ4n) is 4.34. The van der Waals surface area contributed by atoms with E-state index in [-0.39, 0.29) is 35.4 Å². The maximum absolute atomic E-state index is 12.0. The number of carbonyl (C=O) groups is 2. The summed E-state index contributed by atoms with van der Waals surface area (Å²) < 4.78 is 0. The van der Waals surface area contributed by atoms with Crippen LogP contribution in [0.1, 0.15) is 98.1 Å². The first-order valence-corrected chi connectivity index (χ1v) is 16.0. The molecule has 2 aromatic carbocycles. The second-order valence-corrected chi connectivity index (χ2v) is 11.4. The van der Waals surface area contributed by atoms with E-state index in [2.05, 4.69) is 46.5 Å². The topological polar surface area (TPSA) is 365 Å². The highest BCUT2D eigenvalue weighted by atomic mass is 16.1. The SMILES string of the molecule is CC(=O)c1cc(N=C(CCCCCCC(=Nc2cc(C(C)=NN=C(N)N)cc(C(C)=NN=C(N)N)c2)NN=C(N)N)NN=C(N)N)cc(C(C)=O)c1. The third-order valence-corrected chi connectivity index (χ3v) is 6.85. The van der Waals surface area contributed by atoms with Gasteiger partial charge in [-0.05, 0) is 76.9 Å². The lowest BCUT2D eigenvalue weighted by atomic mass is 10.0. The summed E-state index contributed by atoms with van der Waals surface area (Å²) in [7, 11) is 0. The molecule has 0 amide bonds. The van der Waals surface area contributed by atoms with Gasteiger partial charge < -0.3 is 45.9 Å². The predicted octanol–water partition coefficient (Wildman–Crippen LogP) is 0.743. The molecule has 0 heterocycles. The number of benzene rings is 2. The first-order chi connectivity index (χ1) is 24.5. The van der Waals surface area contributed by atoms with Crippen molar-refractivity contribution in [3.05, 3.63) is 58.7 Å². The van der Waals surface area contributed by atoms with Crippen LogP contribution in [0.25, 0.3) is 0 Å². The number of ketones is 2. The van der Waals surface area contributed by atoms with E-state index in [1.165, 1.54) is 19.9 Å². The van der Waals surface area contributed by atoms with Gasteiger partial charge in [0, 0.05) is 35.1 Å². The summed E-state index contributed by atoms with van der Waals surface area (Å²) in [5, 5.41) is 23.4. The van der Waals surface area contributed by atoms with Gasteiger partial charge in [-0.25, -0.2) is 9.98 Å². The monoisotopic (exact) mass is 716 g/mol. The van der Waals surface area contributed by atoms with Crippen LogP contribution < -0.4 is 56.7 Å². The molecule has 0 bridgehead atoms. The Balaban J connectivity index is 2.29. The fourth-order valence-corrected chi connectivity index (χ4v) is 4.34. The van der Waals surface area contributed by atoms with Crippen molar-refractivity contribution in [2.45, 2.75) is 66.2 Å². The van der Waals surface area contributed by atoms with Crippen LogP contribution in [0.5, 0.6) is 0 Å². The van der Waals surface area contributed by atoms with Crippen molar-refractivity contribution >= 4 is 69.9 Å². The van der Waals surface area contributed by atoms with E-state index in [1.54, 1.807) is 38.1 Å². The molecule has 0 aliphatic carbocycles. The molecule has 0 saturated carbocycles. The summed E-state index contributed by atoms with van der Waals surface area (Å²) in [5.74, 6) is -0.194. The highest BCUT2D eigenvalue weighted by molar-refractivity contribution is 6.05. The number of nitrogens with two attached hydrogens (primary N) is 8. The van der Waals surface area contributed by atoms with Crippen molar-refractivity contribution in [1.82, 2.24) is 10.9 Å². The summed E-state index contributed by atoms with van der Waals surface area (Å²) in [6.07, 6.45) is 3.97. The molecule has 52 heavy (non-hydrogen) atoms. The van der Waals surface area contributed by atoms with Crippen molar-refractivity contribution < 1.29 is 9.59 Å². The second kappa shape index (κ2) is 20.6. The number of hydrazone groups is 2. The first-order valence-electron chi connectivity index (χ1n) is 16.0. The molecule has 0 fully saturated rings. The number of hydrogen-bond acceptors (Lipinski definition) is 10. The van der Waals surface area contributed by atoms with Crippen LogP contribution in [-0.2, 0) is 0 Å². The number of aliphatic imine (C=N–C) groups is 2. The molecule has 0 saturated heterocycles. The minimum atomic E-state index is -0.195. The number of unbranched alkanes of at least 4 members (excludes halogenated alkanes) is 3. The molecule has 0 aliphatic rings. The van der Waals surface area contributed by atoms with E-state index in [9.17, 15) is 9.59 Å². The summed E-state index contributed by atoms with van der Waals surface area (Å²) in [4.78, 5) is 33.5. The summed E-state index contributed by atoms with van der Waals surface area (Å²) >= 11 is 0. The molecule has 278 valence electrons. The normalized spacial score (nSPS) is 12.0. The van der Waals surface area contributed by atoms with Gasteiger partial charge in [0.05, 0.1) is 22.8 Å². The van der Waals surface area contributed by atoms with Crippen LogP contribution in [0.2, 0.25) is 0 Å². The Labute approximate surface area is 301 Å². The highest BCUT2D eigenvalue weighted by Gasteiger charge is 2.11. The van der Waals surface area contributed by atoms with Gasteiger partial charge in [0.15, 0.2) is 11.6 Å². The molecule has 0 unspecified atom stereocenters. The van der Waals surface area contributed by atoms with Gasteiger partial charge in [-0.15, -0.1) is 20.4 Å². The van der Waals surface area contributed by atoms with E-state index in [4.69, 9.17) is 50.9 Å². The van der Waals surface area contributed by atoms with Crippen molar-refractivity contribution in [1.29, 1.82) is 0 Å². The number of Topliss-reactive ketones (excluding diaryl/α,β-unsaturated/α-hetero) is 2. The van der Waals surface area contributed by atoms with E-state index < -0.39 is 0 Å². The molecule has 0 spiro atoms. The molecule has 0 aromatic heterocycles. The van der Waals surface area contributed by atoms with Crippen LogP contribution in [0.3, 0.4) is 0 Å². The quantitative estimate of drug-likeness (QED) is 0.0356. The average Bonchev–Trinajstić information content (AvgIpc) is 3.07. The lowest BCUT2D eigenvalue weighted by molar-refractivity contribution is 0.101. The minimum Gasteiger partial charge on any atom is -0.369 e. The molecule has 2 rings (SSSR count). The number of nitrogens with one attached hydrogen (secondary N) is 2. The Bertz CT molecular complexity index is 1750. The number of carbonyl (C=O) groups excluding carboxylic acids is 2. The number of guanidine groups is 4. The Kier molecular flexibility index (Phi) is 16.4. The van der Waals surface area contributed by atoms with Crippen LogP contribution in [-0.4, -0.2) is 58.5 Å². The second-order valence-electron chi connectivity index (χ2n) is 11.4. The van der Waals surface area contributed by atoms with Crippen LogP contribution in [0.4, 0.5) is 11.4 Å². The third-order valence-electron chi connectivity index (χ3n) is 6.85. The van der Waals surface area contributed by atoms with Crippen LogP contribution in [0, 0.1) is 0 Å². The molecule has 20 heteroatoms. The fraction of sp³-hybridized carbons (Fsp3) is 0.312. The molecule has 0 aliphatic heterocycles. The average molecular weight is 717 g/mol. The van der Waals surface area contributed by atoms with Gasteiger partial charge in [-0.1, -0.05) is 12.8 Å². The minimum absolute atomic E-state index is 0.174. The van der Waals surface area contributed by atoms with E-state index in [0.717, 1.165) is 12.8 Å². The van der Waals surface area contributed by atoms with Gasteiger partial charge in [-0.2, -0.15) is 10.2 Å². The van der Waals surface area contributed by atoms with Gasteiger partial charge in [-0.3, -0.25) is 20.4 Å². The lowest BCUT2D eigenvalue weighted by Gasteiger charge is -2.10. The maximum atomic E-state index is 12.0. The Hall–Kier alpha value is -6.86. The van der Waals surface area contributed by atoms with Crippen molar-refractivity contribution in [2.24, 2.45) is 86.5 Å². The van der Waals surface area contributed by atoms with Gasteiger partial charge in [0.1, 0.15) is 11.7 Å². The van der Waals surface area contributed by atoms with E-state index in [1.807, 2.05) is 6.07 Å². The molecule has 2 aromatic rings. The zero-order chi connectivity index (χ0) is 38.8. The van der Waals surface area contributed by atoms with Gasteiger partial charge >= 0.3 is 0 Å². The third kappa shape index (κ3) is 15.6. The number of rotatable bonds is 17. The van der Waals surface area contributed by atoms with E-state index in [0.29, 0.717) is 82.4 Å². The summed E-state index contributed by atoms with van der Waals surface area (Å²) in [6.45, 7) is 6.30. The number of nitrogens with zero attached hydrogens (tertiary/aromatic N) is 8. The molecule has 0 radical (unpaired) electrons. The van der Waals surface area contributed by atoms with Gasteiger partial charge in [0.2, 0.25) is 23.8 Å². The summed E-state index contributed by atoms with van der Waals surface area (Å²) in [5.41, 5.74) is 53.6. The number of amidine groups is 2. The first kappa shape index (κ1) is 41.3. The zero-order valence-corrected chi connectivity index (χ0v) is 29.7. The Morgan fingerprint density at radius 3 is 1.15 bits per heavy atom. The molecule has 18 N–H and O–H groups in total. The molecule has 20 nitrogen and oxygen atoms in total. The molecular weight excluding hydrogens is 668 g/mol. The molecule has 0 atom stereocenters. The van der Waals surface area contributed by atoms with Crippen LogP contribution in [0.15, 0.2) is 77.0 Å². The predicted molar refractivity (Wildman–Crippen MR) is 209 cm³/mol. The van der Waals surface area contributed by atoms with Crippen LogP contribution >= 0.6 is 0 Å². The van der Waals surface area contributed by atoms with Gasteiger partial charge in [0.25, 0.3) is 0 Å². The smallest absolute Gasteiger partial charge is 0.211 e. The Morgan fingerprint density at radius 1 is 0.481 bits per heavy atom. The van der Waals surface area contributed by atoms with Crippen molar-refractivity contribution in [3.63, 3.8) is 0 Å². The summed E-state index contributed by atoms with van der Waals surface area (Å²) in [6, 6.07) is 10.1. The number of hydrogen-bond donors (Lipinski definition) is 10. The molecular formula is C32H48N18O2. The highest BCUT2D eigenvalue weighted by Crippen LogP contribution is 2.22. The zero-order valence-electron chi connectivity index (χ0n) is 29.7. The largest absolute Gasteiger partial charge is 0.369 e. The van der Waals surface area contributed by atoms with Crippen molar-refractivity contribution in [2.75, 3.05) is 0 Å². The Morgan fingerprint density at radius 2 is 0.827 bits per heavy atom. The lowest BCUT2D eigenvalue weighted by Crippen LogP contribution is -2.29.